The van der Waals surface area contributed by atoms with Crippen LogP contribution in [-0.2, 0) is 14.4 Å². The molecule has 2 amide bonds. The smallest absolute Gasteiger partial charge is 0.247 e. The summed E-state index contributed by atoms with van der Waals surface area (Å²) in [5.41, 5.74) is 2.35. The molecule has 53 heavy (non-hydrogen) atoms. The summed E-state index contributed by atoms with van der Waals surface area (Å²) < 4.78 is 20.7. The highest BCUT2D eigenvalue weighted by Crippen LogP contribution is 2.41. The van der Waals surface area contributed by atoms with Gasteiger partial charge in [-0.15, -0.1) is 0 Å². The fourth-order valence-electron chi connectivity index (χ4n) is 7.63. The Morgan fingerprint density at radius 2 is 1.72 bits per heavy atom. The number of benzene rings is 2. The number of amides is 2. The van der Waals surface area contributed by atoms with E-state index in [9.17, 15) is 14.0 Å². The van der Waals surface area contributed by atoms with E-state index in [1.54, 1.807) is 36.4 Å². The van der Waals surface area contributed by atoms with Crippen molar-refractivity contribution in [3.05, 3.63) is 84.4 Å². The second-order valence-corrected chi connectivity index (χ2v) is 14.2. The molecule has 0 unspecified atom stereocenters. The topological polar surface area (TPSA) is 115 Å². The molecule has 6 rings (SSSR count). The molecule has 1 aromatic heterocycles. The van der Waals surface area contributed by atoms with Crippen molar-refractivity contribution in [2.75, 3.05) is 60.5 Å². The lowest BCUT2D eigenvalue weighted by Gasteiger charge is -2.46. The number of carbonyl (C=O) groups is 2. The van der Waals surface area contributed by atoms with E-state index in [0.717, 1.165) is 44.5 Å². The van der Waals surface area contributed by atoms with Crippen LogP contribution in [0.25, 0.3) is 0 Å². The van der Waals surface area contributed by atoms with Crippen LogP contribution < -0.4 is 25.3 Å². The monoisotopic (exact) mass is 746 g/mol. The molecule has 0 aliphatic carbocycles. The Morgan fingerprint density at radius 3 is 2.36 bits per heavy atom. The Bertz CT molecular complexity index is 1810. The third-order valence-corrected chi connectivity index (χ3v) is 10.6. The van der Waals surface area contributed by atoms with E-state index in [0.29, 0.717) is 71.5 Å². The average Bonchev–Trinajstić information content (AvgIpc) is 3.65. The van der Waals surface area contributed by atoms with Gasteiger partial charge in [0, 0.05) is 73.4 Å². The number of nitrogens with zero attached hydrogens (tertiary/aromatic N) is 6. The van der Waals surface area contributed by atoms with Crippen LogP contribution in [0.5, 0.6) is 5.75 Å². The van der Waals surface area contributed by atoms with Gasteiger partial charge in [0.1, 0.15) is 23.7 Å². The Kier molecular flexibility index (Phi) is 12.2. The van der Waals surface area contributed by atoms with Crippen molar-refractivity contribution in [1.29, 1.82) is 0 Å². The normalized spacial score (nSPS) is 18.6. The second kappa shape index (κ2) is 17.0. The van der Waals surface area contributed by atoms with Crippen molar-refractivity contribution in [2.24, 2.45) is 0 Å². The lowest BCUT2D eigenvalue weighted by atomic mass is 9.95. The van der Waals surface area contributed by atoms with E-state index < -0.39 is 11.9 Å². The number of hydrogen-bond acceptors (Lipinski definition) is 10. The first kappa shape index (κ1) is 38.0. The Morgan fingerprint density at radius 1 is 1.00 bits per heavy atom. The van der Waals surface area contributed by atoms with Gasteiger partial charge in [-0.1, -0.05) is 30.8 Å². The van der Waals surface area contributed by atoms with E-state index in [4.69, 9.17) is 21.2 Å². The number of likely N-dealkylation sites (tertiary alicyclic amines) is 1. The number of ether oxygens (including phenoxy) is 1. The zero-order valence-electron chi connectivity index (χ0n) is 30.6. The number of hydrogen-bond donors (Lipinski definition) is 2. The first-order valence-corrected chi connectivity index (χ1v) is 18.5. The Labute approximate surface area is 315 Å². The zero-order chi connectivity index (χ0) is 37.6. The minimum absolute atomic E-state index is 0.0145. The van der Waals surface area contributed by atoms with Crippen LogP contribution in [-0.4, -0.2) is 89.6 Å². The molecule has 14 heteroatoms. The number of piperidine rings is 2. The summed E-state index contributed by atoms with van der Waals surface area (Å²) in [5, 5.41) is 8.17. The van der Waals surface area contributed by atoms with Crippen molar-refractivity contribution in [2.45, 2.75) is 70.1 Å². The van der Waals surface area contributed by atoms with Crippen LogP contribution in [0.4, 0.5) is 33.1 Å². The molecule has 3 aliphatic heterocycles. The number of aromatic nitrogens is 2. The highest BCUT2D eigenvalue weighted by Gasteiger charge is 2.35. The Balaban J connectivity index is 1.21. The predicted octanol–water partition coefficient (Wildman–Crippen LogP) is 6.89. The van der Waals surface area contributed by atoms with E-state index >= 15 is 0 Å². The largest absolute Gasteiger partial charge is 0.494 e. The standard InChI is InChI=1S/C39H48ClFN8O4/c1-6-38(50)45-31-21-32(44-36-23-37(43-24-42-36)49-33(14-19-53-49)29-9-8-26(40)20-30(29)41)35(52-5)22-34(31)47-17-12-28(13-18-47)48(39(51)7-2)27-10-15-46(16-11-27)25(3)4/h6-9,20-25,27-28,33H,1-2,10-19H2,3-5H3,(H,45,50)(H,42,43,44)/t33-/m1/s1. The van der Waals surface area contributed by atoms with Gasteiger partial charge in [-0.3, -0.25) is 14.4 Å². The summed E-state index contributed by atoms with van der Waals surface area (Å²) in [6.45, 7) is 15.6. The highest BCUT2D eigenvalue weighted by atomic mass is 35.5. The van der Waals surface area contributed by atoms with Crippen molar-refractivity contribution < 1.29 is 23.6 Å². The SMILES string of the molecule is C=CC(=O)Nc1cc(Nc2cc(N3OCC[C@@H]3c3ccc(Cl)cc3F)ncn2)c(OC)cc1N1CCC(N(C(=O)C=C)C2CCN(C(C)C)CC2)CC1. The molecule has 4 heterocycles. The summed E-state index contributed by atoms with van der Waals surface area (Å²) >= 11 is 6.00. The van der Waals surface area contributed by atoms with Gasteiger partial charge in [0.15, 0.2) is 5.82 Å². The summed E-state index contributed by atoms with van der Waals surface area (Å²) in [6.07, 6.45) is 8.05. The van der Waals surface area contributed by atoms with Crippen LogP contribution in [0.2, 0.25) is 5.02 Å². The number of methoxy groups -OCH3 is 1. The zero-order valence-corrected chi connectivity index (χ0v) is 31.3. The van der Waals surface area contributed by atoms with Crippen molar-refractivity contribution in [3.63, 3.8) is 0 Å². The molecule has 0 radical (unpaired) electrons. The minimum Gasteiger partial charge on any atom is -0.494 e. The Hall–Kier alpha value is -4.72. The van der Waals surface area contributed by atoms with Gasteiger partial charge in [-0.05, 0) is 69.9 Å². The summed E-state index contributed by atoms with van der Waals surface area (Å²) in [6, 6.07) is 10.3. The maximum Gasteiger partial charge on any atom is 0.247 e. The first-order valence-electron chi connectivity index (χ1n) is 18.2. The summed E-state index contributed by atoms with van der Waals surface area (Å²) in [7, 11) is 1.58. The number of hydroxylamine groups is 1. The van der Waals surface area contributed by atoms with E-state index in [-0.39, 0.29) is 23.9 Å². The molecule has 3 fully saturated rings. The molecular formula is C39H48ClFN8O4. The van der Waals surface area contributed by atoms with Crippen molar-refractivity contribution in [3.8, 4) is 5.75 Å². The molecule has 3 saturated heterocycles. The maximum atomic E-state index is 14.9. The molecule has 0 spiro atoms. The van der Waals surface area contributed by atoms with Gasteiger partial charge in [-0.25, -0.2) is 19.4 Å². The van der Waals surface area contributed by atoms with Crippen LogP contribution in [0.3, 0.4) is 0 Å². The van der Waals surface area contributed by atoms with E-state index in [1.165, 1.54) is 24.5 Å². The third kappa shape index (κ3) is 8.58. The van der Waals surface area contributed by atoms with Crippen molar-refractivity contribution >= 4 is 52.1 Å². The molecule has 3 aliphatic rings. The predicted molar refractivity (Wildman–Crippen MR) is 206 cm³/mol. The number of anilines is 5. The molecular weight excluding hydrogens is 699 g/mol. The number of halogens is 2. The van der Waals surface area contributed by atoms with Gasteiger partial charge >= 0.3 is 0 Å². The average molecular weight is 747 g/mol. The van der Waals surface area contributed by atoms with Crippen molar-refractivity contribution in [1.82, 2.24) is 19.8 Å². The number of rotatable bonds is 12. The third-order valence-electron chi connectivity index (χ3n) is 10.4. The fourth-order valence-corrected chi connectivity index (χ4v) is 7.79. The van der Waals surface area contributed by atoms with Gasteiger partial charge in [-0.2, -0.15) is 0 Å². The lowest BCUT2D eigenvalue weighted by molar-refractivity contribution is -0.132. The first-order chi connectivity index (χ1) is 25.6. The molecule has 0 saturated carbocycles. The highest BCUT2D eigenvalue weighted by molar-refractivity contribution is 6.30. The van der Waals surface area contributed by atoms with Crippen LogP contribution in [0.1, 0.15) is 57.6 Å². The van der Waals surface area contributed by atoms with E-state index in [2.05, 4.69) is 62.3 Å². The van der Waals surface area contributed by atoms with Crippen LogP contribution in [0.15, 0.2) is 68.0 Å². The quantitative estimate of drug-likeness (QED) is 0.190. The molecule has 0 bridgehead atoms. The maximum absolute atomic E-state index is 14.9. The van der Waals surface area contributed by atoms with E-state index in [1.807, 2.05) is 6.07 Å². The van der Waals surface area contributed by atoms with Gasteiger partial charge < -0.3 is 30.1 Å². The summed E-state index contributed by atoms with van der Waals surface area (Å²) in [4.78, 5) is 47.4. The molecule has 2 N–H and O–H groups in total. The van der Waals surface area contributed by atoms with Crippen LogP contribution in [0, 0.1) is 5.82 Å². The fraction of sp³-hybridized carbons (Fsp3) is 0.436. The molecule has 12 nitrogen and oxygen atoms in total. The van der Waals surface area contributed by atoms with Crippen LogP contribution >= 0.6 is 11.6 Å². The van der Waals surface area contributed by atoms with Gasteiger partial charge in [0.25, 0.3) is 0 Å². The van der Waals surface area contributed by atoms with Gasteiger partial charge in [0.05, 0.1) is 36.8 Å². The molecule has 1 atom stereocenters. The summed E-state index contributed by atoms with van der Waals surface area (Å²) in [5.74, 6) is 0.603. The van der Waals surface area contributed by atoms with Gasteiger partial charge in [0.2, 0.25) is 11.8 Å². The minimum atomic E-state index is -0.418. The lowest BCUT2D eigenvalue weighted by Crippen LogP contribution is -2.55. The molecule has 282 valence electrons. The second-order valence-electron chi connectivity index (χ2n) is 13.8. The number of carbonyl (C=O) groups excluding carboxylic acids is 2. The molecule has 2 aromatic carbocycles. The number of nitrogens with one attached hydrogen (secondary N) is 2. The molecule has 3 aromatic rings.